The van der Waals surface area contributed by atoms with E-state index in [0.29, 0.717) is 16.5 Å². The molecular formula is C19H20FN5OS. The topological polar surface area (TPSA) is 72.7 Å². The zero-order chi connectivity index (χ0) is 19.4. The maximum absolute atomic E-state index is 13.7. The summed E-state index contributed by atoms with van der Waals surface area (Å²) in [6.07, 6.45) is 3.43. The van der Waals surface area contributed by atoms with Gasteiger partial charge >= 0.3 is 0 Å². The van der Waals surface area contributed by atoms with Gasteiger partial charge in [0.2, 0.25) is 5.91 Å². The highest BCUT2D eigenvalue weighted by Gasteiger charge is 2.21. The smallest absolute Gasteiger partial charge is 0.231 e. The number of nitrogens with one attached hydrogen (secondary N) is 1. The molecule has 27 heavy (non-hydrogen) atoms. The zero-order valence-electron chi connectivity index (χ0n) is 15.3. The van der Waals surface area contributed by atoms with Gasteiger partial charge in [-0.25, -0.2) is 19.3 Å². The third-order valence-corrected chi connectivity index (χ3v) is 4.75. The summed E-state index contributed by atoms with van der Waals surface area (Å²) in [6, 6.07) is 7.49. The number of imidazole rings is 1. The van der Waals surface area contributed by atoms with Gasteiger partial charge in [-0.15, -0.1) is 0 Å². The highest BCUT2D eigenvalue weighted by atomic mass is 32.2. The molecule has 0 fully saturated rings. The first-order chi connectivity index (χ1) is 12.9. The third-order valence-electron chi connectivity index (χ3n) is 3.90. The van der Waals surface area contributed by atoms with Crippen LogP contribution in [0.15, 0.2) is 47.9 Å². The molecule has 2 heterocycles. The third kappa shape index (κ3) is 4.91. The molecule has 3 aromatic rings. The fraction of sp³-hybridized carbons (Fsp3) is 0.263. The number of amides is 1. The van der Waals surface area contributed by atoms with Gasteiger partial charge in [-0.05, 0) is 37.6 Å². The number of aromatic nitrogens is 4. The number of carbonyl (C=O) groups excluding carboxylic acids is 1. The second-order valence-corrected chi connectivity index (χ2v) is 7.12. The molecule has 0 saturated heterocycles. The van der Waals surface area contributed by atoms with Gasteiger partial charge in [0.25, 0.3) is 0 Å². The van der Waals surface area contributed by atoms with E-state index in [2.05, 4.69) is 20.3 Å². The van der Waals surface area contributed by atoms with E-state index in [4.69, 9.17) is 0 Å². The van der Waals surface area contributed by atoms with Crippen molar-refractivity contribution >= 4 is 17.7 Å². The number of hydrogen-bond acceptors (Lipinski definition) is 5. The lowest BCUT2D eigenvalue weighted by Crippen LogP contribution is -2.32. The second-order valence-electron chi connectivity index (χ2n) is 6.17. The summed E-state index contributed by atoms with van der Waals surface area (Å²) in [5, 5.41) is 3.50. The van der Waals surface area contributed by atoms with Crippen LogP contribution >= 0.6 is 11.8 Å². The molecule has 140 valence electrons. The van der Waals surface area contributed by atoms with E-state index in [-0.39, 0.29) is 17.5 Å². The molecule has 0 aliphatic carbocycles. The largest absolute Gasteiger partial charge is 0.341 e. The summed E-state index contributed by atoms with van der Waals surface area (Å²) < 4.78 is 15.5. The molecule has 1 unspecified atom stereocenters. The molecule has 1 amide bonds. The standard InChI is InChI=1S/C19H20FN5OS/c1-12-9-13(2)23-19(22-12)27-11-16(26)24-17(18-21-7-8-25(18)3)14-5-4-6-15(20)10-14/h4-10,17H,11H2,1-3H3,(H,24,26). The van der Waals surface area contributed by atoms with Gasteiger partial charge in [0.05, 0.1) is 5.75 Å². The van der Waals surface area contributed by atoms with Crippen LogP contribution in [0.3, 0.4) is 0 Å². The average Bonchev–Trinajstić information content (AvgIpc) is 3.03. The molecule has 3 rings (SSSR count). The quantitative estimate of drug-likeness (QED) is 0.522. The maximum Gasteiger partial charge on any atom is 0.231 e. The van der Waals surface area contributed by atoms with Crippen molar-refractivity contribution in [3.8, 4) is 0 Å². The molecule has 2 aromatic heterocycles. The predicted octanol–water partition coefficient (Wildman–Crippen LogP) is 2.96. The van der Waals surface area contributed by atoms with Crippen LogP contribution in [0.25, 0.3) is 0 Å². The molecule has 0 bridgehead atoms. The highest BCUT2D eigenvalue weighted by molar-refractivity contribution is 7.99. The Bertz CT molecular complexity index is 939. The normalized spacial score (nSPS) is 12.0. The molecule has 1 atom stereocenters. The lowest BCUT2D eigenvalue weighted by atomic mass is 10.1. The van der Waals surface area contributed by atoms with E-state index in [1.807, 2.05) is 27.0 Å². The highest BCUT2D eigenvalue weighted by Crippen LogP contribution is 2.22. The second kappa shape index (κ2) is 8.30. The number of aryl methyl sites for hydroxylation is 3. The minimum atomic E-state index is -0.547. The predicted molar refractivity (Wildman–Crippen MR) is 102 cm³/mol. The van der Waals surface area contributed by atoms with Crippen molar-refractivity contribution in [3.63, 3.8) is 0 Å². The van der Waals surface area contributed by atoms with Gasteiger partial charge in [0, 0.05) is 30.8 Å². The van der Waals surface area contributed by atoms with E-state index in [9.17, 15) is 9.18 Å². The van der Waals surface area contributed by atoms with Crippen molar-refractivity contribution < 1.29 is 9.18 Å². The Morgan fingerprint density at radius 1 is 1.26 bits per heavy atom. The Balaban J connectivity index is 1.76. The molecule has 0 aliphatic heterocycles. The summed E-state index contributed by atoms with van der Waals surface area (Å²) in [7, 11) is 1.83. The van der Waals surface area contributed by atoms with Crippen LogP contribution in [0.5, 0.6) is 0 Å². The van der Waals surface area contributed by atoms with Gasteiger partial charge in [0.1, 0.15) is 17.7 Å². The van der Waals surface area contributed by atoms with Crippen molar-refractivity contribution in [3.05, 3.63) is 71.3 Å². The zero-order valence-corrected chi connectivity index (χ0v) is 16.1. The lowest BCUT2D eigenvalue weighted by molar-refractivity contribution is -0.119. The van der Waals surface area contributed by atoms with Gasteiger partial charge in [-0.1, -0.05) is 23.9 Å². The average molecular weight is 385 g/mol. The number of halogens is 1. The first-order valence-electron chi connectivity index (χ1n) is 8.39. The lowest BCUT2D eigenvalue weighted by Gasteiger charge is -2.19. The van der Waals surface area contributed by atoms with E-state index in [1.165, 1.54) is 23.9 Å². The molecule has 6 nitrogen and oxygen atoms in total. The number of benzene rings is 1. The van der Waals surface area contributed by atoms with Crippen LogP contribution in [0.4, 0.5) is 4.39 Å². The fourth-order valence-corrected chi connectivity index (χ4v) is 3.49. The minimum Gasteiger partial charge on any atom is -0.341 e. The Morgan fingerprint density at radius 2 is 2.00 bits per heavy atom. The first-order valence-corrected chi connectivity index (χ1v) is 9.38. The van der Waals surface area contributed by atoms with Crippen molar-refractivity contribution in [1.29, 1.82) is 0 Å². The molecule has 0 spiro atoms. The maximum atomic E-state index is 13.7. The molecule has 1 aromatic carbocycles. The molecule has 8 heteroatoms. The number of hydrogen-bond donors (Lipinski definition) is 1. The SMILES string of the molecule is Cc1cc(C)nc(SCC(=O)NC(c2cccc(F)c2)c2nccn2C)n1. The van der Waals surface area contributed by atoms with Crippen molar-refractivity contribution in [1.82, 2.24) is 24.8 Å². The van der Waals surface area contributed by atoms with Crippen LogP contribution in [-0.2, 0) is 11.8 Å². The Kier molecular flexibility index (Phi) is 5.85. The fourth-order valence-electron chi connectivity index (χ4n) is 2.73. The monoisotopic (exact) mass is 385 g/mol. The van der Waals surface area contributed by atoms with Crippen LogP contribution in [0, 0.1) is 19.7 Å². The Morgan fingerprint density at radius 3 is 2.63 bits per heavy atom. The number of rotatable bonds is 6. The van der Waals surface area contributed by atoms with Crippen LogP contribution in [0.1, 0.15) is 28.8 Å². The Labute approximate surface area is 161 Å². The number of nitrogens with zero attached hydrogens (tertiary/aromatic N) is 4. The van der Waals surface area contributed by atoms with Crippen LogP contribution in [-0.4, -0.2) is 31.2 Å². The van der Waals surface area contributed by atoms with Crippen molar-refractivity contribution in [2.45, 2.75) is 25.0 Å². The molecule has 0 aliphatic rings. The van der Waals surface area contributed by atoms with Gasteiger partial charge < -0.3 is 9.88 Å². The van der Waals surface area contributed by atoms with E-state index < -0.39 is 6.04 Å². The summed E-state index contributed by atoms with van der Waals surface area (Å²) in [6.45, 7) is 3.78. The number of thioether (sulfide) groups is 1. The minimum absolute atomic E-state index is 0.152. The summed E-state index contributed by atoms with van der Waals surface area (Å²) in [5.41, 5.74) is 2.34. The number of carbonyl (C=O) groups is 1. The van der Waals surface area contributed by atoms with Gasteiger partial charge in [-0.2, -0.15) is 0 Å². The van der Waals surface area contributed by atoms with E-state index in [0.717, 1.165) is 11.4 Å². The summed E-state index contributed by atoms with van der Waals surface area (Å²) in [4.78, 5) is 25.5. The molecule has 0 radical (unpaired) electrons. The van der Waals surface area contributed by atoms with Crippen LogP contribution < -0.4 is 5.32 Å². The van der Waals surface area contributed by atoms with Crippen LogP contribution in [0.2, 0.25) is 0 Å². The Hall–Kier alpha value is -2.74. The van der Waals surface area contributed by atoms with Crippen molar-refractivity contribution in [2.24, 2.45) is 7.05 Å². The first kappa shape index (κ1) is 19.0. The molecule has 1 N–H and O–H groups in total. The summed E-state index contributed by atoms with van der Waals surface area (Å²) in [5.74, 6) is 0.208. The van der Waals surface area contributed by atoms with Crippen molar-refractivity contribution in [2.75, 3.05) is 5.75 Å². The van der Waals surface area contributed by atoms with Gasteiger partial charge in [0.15, 0.2) is 5.16 Å². The van der Waals surface area contributed by atoms with Gasteiger partial charge in [-0.3, -0.25) is 4.79 Å². The summed E-state index contributed by atoms with van der Waals surface area (Å²) >= 11 is 1.26. The van der Waals surface area contributed by atoms with E-state index in [1.54, 1.807) is 29.1 Å². The van der Waals surface area contributed by atoms with E-state index >= 15 is 0 Å². The molecule has 0 saturated carbocycles. The molecular weight excluding hydrogens is 365 g/mol.